The van der Waals surface area contributed by atoms with E-state index in [9.17, 15) is 9.59 Å². The average Bonchev–Trinajstić information content (AvgIpc) is 3.24. The van der Waals surface area contributed by atoms with Crippen molar-refractivity contribution in [3.8, 4) is 0 Å². The van der Waals surface area contributed by atoms with Crippen LogP contribution in [0, 0.1) is 5.92 Å². The second kappa shape index (κ2) is 10.6. The molecule has 8 heteroatoms. The Kier molecular flexibility index (Phi) is 8.50. The number of nitrogens with one attached hydrogen (secondary N) is 1. The number of amides is 1. The molecule has 0 aliphatic carbocycles. The molecule has 0 aliphatic rings. The molecule has 0 saturated heterocycles. The van der Waals surface area contributed by atoms with Crippen molar-refractivity contribution in [1.82, 2.24) is 15.5 Å². The van der Waals surface area contributed by atoms with Crippen LogP contribution in [0.5, 0.6) is 0 Å². The number of ketones is 1. The number of rotatable bonds is 11. The van der Waals surface area contributed by atoms with Gasteiger partial charge in [0.15, 0.2) is 0 Å². The molecule has 0 spiro atoms. The molecule has 0 saturated carbocycles. The smallest absolute Gasteiger partial charge is 0.286 e. The molecule has 148 valence electrons. The normalized spacial score (nSPS) is 12.5. The topological polar surface area (TPSA) is 85.1 Å². The fraction of sp³-hybridized carbons (Fsp3) is 0.579. The van der Waals surface area contributed by atoms with E-state index in [1.807, 2.05) is 39.1 Å². The maximum atomic E-state index is 12.8. The van der Waals surface area contributed by atoms with Crippen molar-refractivity contribution in [3.63, 3.8) is 0 Å². The lowest BCUT2D eigenvalue weighted by atomic mass is 10.00. The van der Waals surface area contributed by atoms with Crippen LogP contribution in [0.15, 0.2) is 27.2 Å². The largest absolute Gasteiger partial charge is 0.408 e. The van der Waals surface area contributed by atoms with E-state index in [0.29, 0.717) is 18.1 Å². The van der Waals surface area contributed by atoms with Crippen molar-refractivity contribution in [2.24, 2.45) is 5.92 Å². The van der Waals surface area contributed by atoms with Crippen LogP contribution in [0.2, 0.25) is 0 Å². The van der Waals surface area contributed by atoms with E-state index in [2.05, 4.69) is 21.6 Å². The highest BCUT2D eigenvalue weighted by atomic mass is 32.2. The van der Waals surface area contributed by atoms with Gasteiger partial charge in [0.25, 0.3) is 11.1 Å². The van der Waals surface area contributed by atoms with Crippen LogP contribution >= 0.6 is 23.1 Å². The third-order valence-corrected chi connectivity index (χ3v) is 5.49. The Hall–Kier alpha value is -1.67. The lowest BCUT2D eigenvalue weighted by Crippen LogP contribution is -2.41. The zero-order chi connectivity index (χ0) is 19.8. The van der Waals surface area contributed by atoms with Crippen molar-refractivity contribution < 1.29 is 14.0 Å². The summed E-state index contributed by atoms with van der Waals surface area (Å²) in [5.74, 6) is -0.235. The van der Waals surface area contributed by atoms with Crippen molar-refractivity contribution in [2.45, 2.75) is 69.9 Å². The second-order valence-electron chi connectivity index (χ2n) is 7.09. The number of hydrogen-bond donors (Lipinski definition) is 1. The van der Waals surface area contributed by atoms with E-state index in [4.69, 9.17) is 4.42 Å². The summed E-state index contributed by atoms with van der Waals surface area (Å²) in [6.07, 6.45) is 2.54. The fourth-order valence-corrected chi connectivity index (χ4v) is 3.92. The third kappa shape index (κ3) is 7.46. The summed E-state index contributed by atoms with van der Waals surface area (Å²) in [7, 11) is 0. The van der Waals surface area contributed by atoms with Crippen molar-refractivity contribution in [3.05, 3.63) is 28.3 Å². The number of carbonyl (C=O) groups is 2. The molecular weight excluding hydrogens is 382 g/mol. The third-order valence-electron chi connectivity index (χ3n) is 3.72. The van der Waals surface area contributed by atoms with Crippen LogP contribution in [-0.4, -0.2) is 33.2 Å². The molecule has 0 aromatic carbocycles. The van der Waals surface area contributed by atoms with Crippen LogP contribution in [0.3, 0.4) is 0 Å². The summed E-state index contributed by atoms with van der Waals surface area (Å²) in [5.41, 5.74) is 0. The molecule has 0 aliphatic heterocycles. The van der Waals surface area contributed by atoms with E-state index in [1.165, 1.54) is 16.6 Å². The monoisotopic (exact) mass is 409 g/mol. The SMILES string of the molecule is CC(C)CC(NC(=O)CCCc1cccs1)C(=O)c1nnc(SC(C)C)o1. The summed E-state index contributed by atoms with van der Waals surface area (Å²) in [6.45, 7) is 8.04. The maximum Gasteiger partial charge on any atom is 0.286 e. The van der Waals surface area contributed by atoms with Crippen molar-refractivity contribution in [1.29, 1.82) is 0 Å². The maximum absolute atomic E-state index is 12.8. The predicted molar refractivity (Wildman–Crippen MR) is 108 cm³/mol. The molecule has 0 fully saturated rings. The Morgan fingerprint density at radius 1 is 1.26 bits per heavy atom. The average molecular weight is 410 g/mol. The Morgan fingerprint density at radius 3 is 2.67 bits per heavy atom. The van der Waals surface area contributed by atoms with Gasteiger partial charge in [-0.15, -0.1) is 21.5 Å². The molecule has 0 radical (unpaired) electrons. The van der Waals surface area contributed by atoms with Crippen LogP contribution < -0.4 is 5.32 Å². The van der Waals surface area contributed by atoms with E-state index >= 15 is 0 Å². The number of Topliss-reactive ketones (excluding diaryl/α,β-unsaturated/α-hetero) is 1. The summed E-state index contributed by atoms with van der Waals surface area (Å²) < 4.78 is 5.47. The van der Waals surface area contributed by atoms with Crippen molar-refractivity contribution >= 4 is 34.8 Å². The minimum atomic E-state index is -0.642. The molecular formula is C19H27N3O3S2. The van der Waals surface area contributed by atoms with Gasteiger partial charge in [-0.1, -0.05) is 45.5 Å². The molecule has 1 unspecified atom stereocenters. The highest BCUT2D eigenvalue weighted by Crippen LogP contribution is 2.22. The first-order valence-corrected chi connectivity index (χ1v) is 11.0. The quantitative estimate of drug-likeness (QED) is 0.438. The van der Waals surface area contributed by atoms with Crippen LogP contribution in [0.4, 0.5) is 0 Å². The molecule has 2 rings (SSSR count). The Labute approximate surface area is 168 Å². The van der Waals surface area contributed by atoms with Gasteiger partial charge in [0.1, 0.15) is 0 Å². The molecule has 1 amide bonds. The highest BCUT2D eigenvalue weighted by molar-refractivity contribution is 7.99. The highest BCUT2D eigenvalue weighted by Gasteiger charge is 2.27. The van der Waals surface area contributed by atoms with Gasteiger partial charge >= 0.3 is 0 Å². The van der Waals surface area contributed by atoms with Crippen LogP contribution in [0.25, 0.3) is 0 Å². The number of hydrogen-bond acceptors (Lipinski definition) is 7. The van der Waals surface area contributed by atoms with Gasteiger partial charge in [-0.25, -0.2) is 0 Å². The molecule has 6 nitrogen and oxygen atoms in total. The fourth-order valence-electron chi connectivity index (χ4n) is 2.56. The Balaban J connectivity index is 1.93. The molecule has 1 N–H and O–H groups in total. The van der Waals surface area contributed by atoms with Gasteiger partial charge < -0.3 is 9.73 Å². The summed E-state index contributed by atoms with van der Waals surface area (Å²) in [6, 6.07) is 3.43. The van der Waals surface area contributed by atoms with Gasteiger partial charge in [0.05, 0.1) is 6.04 Å². The van der Waals surface area contributed by atoms with Gasteiger partial charge in [0, 0.05) is 16.5 Å². The Bertz CT molecular complexity index is 726. The zero-order valence-corrected chi connectivity index (χ0v) is 17.9. The van der Waals surface area contributed by atoms with Crippen molar-refractivity contribution in [2.75, 3.05) is 0 Å². The number of aromatic nitrogens is 2. The molecule has 2 aromatic heterocycles. The number of thiophene rings is 1. The van der Waals surface area contributed by atoms with Crippen LogP contribution in [-0.2, 0) is 11.2 Å². The number of nitrogens with zero attached hydrogens (tertiary/aromatic N) is 2. The second-order valence-corrected chi connectivity index (χ2v) is 9.65. The van der Waals surface area contributed by atoms with E-state index in [0.717, 1.165) is 12.8 Å². The number of aryl methyl sites for hydroxylation is 1. The lowest BCUT2D eigenvalue weighted by Gasteiger charge is -2.18. The van der Waals surface area contributed by atoms with Gasteiger partial charge in [-0.3, -0.25) is 9.59 Å². The van der Waals surface area contributed by atoms with Crippen LogP contribution in [0.1, 0.15) is 62.5 Å². The molecule has 0 bridgehead atoms. The summed E-state index contributed by atoms with van der Waals surface area (Å²) in [5, 5.41) is 13.3. The number of thioether (sulfide) groups is 1. The zero-order valence-electron chi connectivity index (χ0n) is 16.2. The molecule has 1 atom stereocenters. The number of carbonyl (C=O) groups excluding carboxylic acids is 2. The first kappa shape index (κ1) is 21.6. The van der Waals surface area contributed by atoms with Gasteiger partial charge in [-0.2, -0.15) is 0 Å². The molecule has 27 heavy (non-hydrogen) atoms. The summed E-state index contributed by atoms with van der Waals surface area (Å²) in [4.78, 5) is 26.3. The Morgan fingerprint density at radius 2 is 2.04 bits per heavy atom. The minimum absolute atomic E-state index is 0.0392. The van der Waals surface area contributed by atoms with Gasteiger partial charge in [0.2, 0.25) is 11.7 Å². The molecule has 2 aromatic rings. The minimum Gasteiger partial charge on any atom is -0.408 e. The summed E-state index contributed by atoms with van der Waals surface area (Å²) >= 11 is 3.10. The lowest BCUT2D eigenvalue weighted by molar-refractivity contribution is -0.121. The van der Waals surface area contributed by atoms with Gasteiger partial charge in [-0.05, 0) is 36.6 Å². The van der Waals surface area contributed by atoms with E-state index in [1.54, 1.807) is 11.3 Å². The standard InChI is InChI=1S/C19H27N3O3S2/c1-12(2)11-15(17(24)18-21-22-19(25-18)27-13(3)4)20-16(23)9-5-7-14-8-6-10-26-14/h6,8,10,12-13,15H,5,7,9,11H2,1-4H3,(H,20,23). The van der Waals surface area contributed by atoms with E-state index in [-0.39, 0.29) is 28.7 Å². The predicted octanol–water partition coefficient (Wildman–Crippen LogP) is 4.37. The molecule has 2 heterocycles. The van der Waals surface area contributed by atoms with E-state index < -0.39 is 6.04 Å². The first-order valence-electron chi connectivity index (χ1n) is 9.21. The first-order chi connectivity index (χ1) is 12.8.